The van der Waals surface area contributed by atoms with Crippen LogP contribution in [0.15, 0.2) is 11.4 Å². The zero-order valence-corrected chi connectivity index (χ0v) is 11.1. The molecule has 0 aromatic carbocycles. The van der Waals surface area contributed by atoms with Gasteiger partial charge < -0.3 is 10.1 Å². The van der Waals surface area contributed by atoms with Gasteiger partial charge in [0.2, 0.25) is 0 Å². The van der Waals surface area contributed by atoms with Crippen LogP contribution in [-0.4, -0.2) is 31.1 Å². The number of rotatable bonds is 3. The number of hydrogen-bond donors (Lipinski definition) is 2. The number of thiophene rings is 1. The van der Waals surface area contributed by atoms with Crippen molar-refractivity contribution < 1.29 is 19.1 Å². The van der Waals surface area contributed by atoms with E-state index >= 15 is 0 Å². The van der Waals surface area contributed by atoms with E-state index in [1.165, 1.54) is 25.3 Å². The molecule has 0 saturated heterocycles. The van der Waals surface area contributed by atoms with E-state index in [2.05, 4.69) is 5.32 Å². The Bertz CT molecular complexity index is 469. The van der Waals surface area contributed by atoms with Gasteiger partial charge >= 0.3 is 12.0 Å². The van der Waals surface area contributed by atoms with E-state index in [-0.39, 0.29) is 0 Å². The van der Waals surface area contributed by atoms with Gasteiger partial charge in [0.1, 0.15) is 4.88 Å². The standard InChI is InChI=1S/C11H14N2O4S/c1-6-4-5-18-8(6)10(15)17-7(2)9(14)13-11(16)12-3/h4-5,7H,1-3H3,(H2,12,13,14,16)/t7-/m0/s1. The van der Waals surface area contributed by atoms with E-state index in [9.17, 15) is 14.4 Å². The molecular formula is C11H14N2O4S. The summed E-state index contributed by atoms with van der Waals surface area (Å²) in [6.07, 6.45) is -1.03. The number of amides is 3. The normalized spacial score (nSPS) is 11.5. The maximum atomic E-state index is 11.7. The van der Waals surface area contributed by atoms with E-state index < -0.39 is 24.0 Å². The van der Waals surface area contributed by atoms with Gasteiger partial charge in [0.05, 0.1) is 0 Å². The van der Waals surface area contributed by atoms with Crippen molar-refractivity contribution in [3.05, 3.63) is 21.9 Å². The highest BCUT2D eigenvalue weighted by Gasteiger charge is 2.21. The maximum Gasteiger partial charge on any atom is 0.349 e. The summed E-state index contributed by atoms with van der Waals surface area (Å²) in [5, 5.41) is 6.03. The molecule has 0 bridgehead atoms. The van der Waals surface area contributed by atoms with Gasteiger partial charge in [-0.3, -0.25) is 10.1 Å². The molecule has 6 nitrogen and oxygen atoms in total. The molecule has 3 amide bonds. The number of hydrogen-bond acceptors (Lipinski definition) is 5. The molecule has 0 aliphatic heterocycles. The highest BCUT2D eigenvalue weighted by molar-refractivity contribution is 7.12. The number of urea groups is 1. The summed E-state index contributed by atoms with van der Waals surface area (Å²) in [6, 6.07) is 1.14. The quantitative estimate of drug-likeness (QED) is 0.804. The minimum Gasteiger partial charge on any atom is -0.448 e. The summed E-state index contributed by atoms with van der Waals surface area (Å²) in [7, 11) is 1.38. The van der Waals surface area contributed by atoms with E-state index in [0.717, 1.165) is 5.56 Å². The second kappa shape index (κ2) is 6.15. The third-order valence-corrected chi connectivity index (χ3v) is 3.16. The van der Waals surface area contributed by atoms with Crippen molar-refractivity contribution >= 4 is 29.2 Å². The van der Waals surface area contributed by atoms with Crippen LogP contribution in [0.4, 0.5) is 4.79 Å². The van der Waals surface area contributed by atoms with E-state index in [1.807, 2.05) is 5.32 Å². The number of nitrogens with one attached hydrogen (secondary N) is 2. The Hall–Kier alpha value is -1.89. The lowest BCUT2D eigenvalue weighted by Gasteiger charge is -2.12. The summed E-state index contributed by atoms with van der Waals surface area (Å²) in [5.41, 5.74) is 0.795. The largest absolute Gasteiger partial charge is 0.448 e. The van der Waals surface area contributed by atoms with E-state index in [1.54, 1.807) is 18.4 Å². The molecule has 7 heteroatoms. The predicted molar refractivity (Wildman–Crippen MR) is 66.5 cm³/mol. The highest BCUT2D eigenvalue weighted by atomic mass is 32.1. The van der Waals surface area contributed by atoms with Gasteiger partial charge in [-0.2, -0.15) is 0 Å². The highest BCUT2D eigenvalue weighted by Crippen LogP contribution is 2.17. The Kier molecular flexibility index (Phi) is 4.85. The van der Waals surface area contributed by atoms with Crippen LogP contribution in [0.5, 0.6) is 0 Å². The second-order valence-corrected chi connectivity index (χ2v) is 4.46. The Morgan fingerprint density at radius 1 is 1.39 bits per heavy atom. The van der Waals surface area contributed by atoms with E-state index in [4.69, 9.17) is 4.74 Å². The van der Waals surface area contributed by atoms with Crippen LogP contribution in [0.25, 0.3) is 0 Å². The third-order valence-electron chi connectivity index (χ3n) is 2.16. The lowest BCUT2D eigenvalue weighted by atomic mass is 10.3. The number of carbonyl (C=O) groups excluding carboxylic acids is 3. The van der Waals surface area contributed by atoms with Crippen molar-refractivity contribution in [2.45, 2.75) is 20.0 Å². The molecule has 1 atom stereocenters. The molecule has 98 valence electrons. The molecule has 0 unspecified atom stereocenters. The molecule has 1 aromatic heterocycles. The molecule has 0 aliphatic carbocycles. The zero-order chi connectivity index (χ0) is 13.7. The maximum absolute atomic E-state index is 11.7. The first-order chi connectivity index (χ1) is 8.45. The summed E-state index contributed by atoms with van der Waals surface area (Å²) in [6.45, 7) is 3.18. The molecule has 0 saturated carbocycles. The molecule has 18 heavy (non-hydrogen) atoms. The van der Waals surface area contributed by atoms with Crippen molar-refractivity contribution in [1.29, 1.82) is 0 Å². The van der Waals surface area contributed by atoms with Gasteiger partial charge in [-0.05, 0) is 30.9 Å². The topological polar surface area (TPSA) is 84.5 Å². The molecule has 0 fully saturated rings. The third kappa shape index (κ3) is 3.56. The van der Waals surface area contributed by atoms with Crippen LogP contribution >= 0.6 is 11.3 Å². The van der Waals surface area contributed by atoms with Crippen molar-refractivity contribution in [2.75, 3.05) is 7.05 Å². The lowest BCUT2D eigenvalue weighted by molar-refractivity contribution is -0.127. The number of esters is 1. The van der Waals surface area contributed by atoms with Crippen molar-refractivity contribution in [1.82, 2.24) is 10.6 Å². The Morgan fingerprint density at radius 3 is 2.56 bits per heavy atom. The van der Waals surface area contributed by atoms with Gasteiger partial charge in [0, 0.05) is 7.05 Å². The summed E-state index contributed by atoms with van der Waals surface area (Å²) < 4.78 is 4.96. The molecule has 1 heterocycles. The smallest absolute Gasteiger partial charge is 0.349 e. The van der Waals surface area contributed by atoms with E-state index in [0.29, 0.717) is 4.88 Å². The Balaban J connectivity index is 2.57. The van der Waals surface area contributed by atoms with Crippen LogP contribution in [0.1, 0.15) is 22.2 Å². The fourth-order valence-corrected chi connectivity index (χ4v) is 1.93. The predicted octanol–water partition coefficient (Wildman–Crippen LogP) is 1.06. The van der Waals surface area contributed by atoms with Gasteiger partial charge in [0.15, 0.2) is 6.10 Å². The monoisotopic (exact) mass is 270 g/mol. The molecule has 0 spiro atoms. The minimum absolute atomic E-state index is 0.453. The zero-order valence-electron chi connectivity index (χ0n) is 10.3. The first-order valence-corrected chi connectivity index (χ1v) is 6.11. The molecule has 0 radical (unpaired) electrons. The summed E-state index contributed by atoms with van der Waals surface area (Å²) in [5.74, 6) is -1.24. The molecule has 1 rings (SSSR count). The molecule has 2 N–H and O–H groups in total. The van der Waals surface area contributed by atoms with Gasteiger partial charge in [0.25, 0.3) is 5.91 Å². The van der Waals surface area contributed by atoms with Crippen LogP contribution < -0.4 is 10.6 Å². The van der Waals surface area contributed by atoms with Crippen molar-refractivity contribution in [3.8, 4) is 0 Å². The lowest BCUT2D eigenvalue weighted by Crippen LogP contribution is -2.43. The SMILES string of the molecule is CNC(=O)NC(=O)[C@H](C)OC(=O)c1sccc1C. The average Bonchev–Trinajstić information content (AvgIpc) is 2.75. The molecule has 1 aromatic rings. The van der Waals surface area contributed by atoms with Crippen LogP contribution in [0, 0.1) is 6.92 Å². The average molecular weight is 270 g/mol. The first-order valence-electron chi connectivity index (χ1n) is 5.23. The first kappa shape index (κ1) is 14.2. The second-order valence-electron chi connectivity index (χ2n) is 3.55. The van der Waals surface area contributed by atoms with Gasteiger partial charge in [-0.1, -0.05) is 0 Å². The number of carbonyl (C=O) groups is 3. The number of ether oxygens (including phenoxy) is 1. The van der Waals surface area contributed by atoms with Crippen LogP contribution in [-0.2, 0) is 9.53 Å². The summed E-state index contributed by atoms with van der Waals surface area (Å²) >= 11 is 1.24. The van der Waals surface area contributed by atoms with Crippen molar-refractivity contribution in [3.63, 3.8) is 0 Å². The van der Waals surface area contributed by atoms with Gasteiger partial charge in [-0.25, -0.2) is 9.59 Å². The minimum atomic E-state index is -1.03. The summed E-state index contributed by atoms with van der Waals surface area (Å²) in [4.78, 5) is 34.5. The number of aryl methyl sites for hydroxylation is 1. The molecule has 0 aliphatic rings. The Morgan fingerprint density at radius 2 is 2.06 bits per heavy atom. The number of imide groups is 1. The molecular weight excluding hydrogens is 256 g/mol. The van der Waals surface area contributed by atoms with Crippen LogP contribution in [0.3, 0.4) is 0 Å². The van der Waals surface area contributed by atoms with Gasteiger partial charge in [-0.15, -0.1) is 11.3 Å². The fourth-order valence-electron chi connectivity index (χ4n) is 1.13. The Labute approximate surface area is 108 Å². The van der Waals surface area contributed by atoms with Crippen LogP contribution in [0.2, 0.25) is 0 Å². The fraction of sp³-hybridized carbons (Fsp3) is 0.364. The van der Waals surface area contributed by atoms with Crippen molar-refractivity contribution in [2.24, 2.45) is 0 Å².